The highest BCUT2D eigenvalue weighted by atomic mass is 16.3. The van der Waals surface area contributed by atoms with E-state index in [1.54, 1.807) is 0 Å². The summed E-state index contributed by atoms with van der Waals surface area (Å²) in [6, 6.07) is 6.44. The van der Waals surface area contributed by atoms with Crippen molar-refractivity contribution in [1.29, 1.82) is 0 Å². The average molecular weight is 250 g/mol. The summed E-state index contributed by atoms with van der Waals surface area (Å²) >= 11 is 0. The summed E-state index contributed by atoms with van der Waals surface area (Å²) in [5.41, 5.74) is 3.28. The fourth-order valence-corrected chi connectivity index (χ4v) is 2.83. The van der Waals surface area contributed by atoms with Gasteiger partial charge in [-0.25, -0.2) is 0 Å². The summed E-state index contributed by atoms with van der Waals surface area (Å²) in [6.45, 7) is 8.49. The van der Waals surface area contributed by atoms with Crippen LogP contribution in [0.5, 0.6) is 0 Å². The molecule has 0 heterocycles. The van der Waals surface area contributed by atoms with Crippen molar-refractivity contribution < 1.29 is 10.2 Å². The number of aliphatic hydroxyl groups excluding tert-OH is 2. The zero-order valence-electron chi connectivity index (χ0n) is 12.0. The fourth-order valence-electron chi connectivity index (χ4n) is 2.83. The van der Waals surface area contributed by atoms with Gasteiger partial charge in [0, 0.05) is 5.41 Å². The summed E-state index contributed by atoms with van der Waals surface area (Å²) in [5.74, 6) is 0.468. The molecule has 1 aromatic carbocycles. The first-order valence-corrected chi connectivity index (χ1v) is 6.70. The molecule has 2 N–H and O–H groups in total. The molecule has 0 saturated heterocycles. The van der Waals surface area contributed by atoms with Gasteiger partial charge in [-0.15, -0.1) is 0 Å². The molecular weight excluding hydrogens is 224 g/mol. The Morgan fingerprint density at radius 1 is 1.00 bits per heavy atom. The third-order valence-electron chi connectivity index (χ3n) is 3.37. The Labute approximate surface area is 111 Å². The zero-order chi connectivity index (χ0) is 13.8. The van der Waals surface area contributed by atoms with Crippen molar-refractivity contribution in [2.75, 3.05) is 13.2 Å². The fraction of sp³-hybridized carbons (Fsp3) is 0.625. The molecule has 102 valence electrons. The third kappa shape index (κ3) is 4.11. The highest BCUT2D eigenvalue weighted by Gasteiger charge is 2.30. The van der Waals surface area contributed by atoms with Crippen LogP contribution >= 0.6 is 0 Å². The predicted molar refractivity (Wildman–Crippen MR) is 75.7 cm³/mol. The summed E-state index contributed by atoms with van der Waals surface area (Å²) in [5, 5.41) is 19.3. The van der Waals surface area contributed by atoms with Gasteiger partial charge >= 0.3 is 0 Å². The molecule has 0 atom stereocenters. The number of aliphatic hydroxyl groups is 2. The van der Waals surface area contributed by atoms with Gasteiger partial charge in [-0.2, -0.15) is 0 Å². The molecule has 18 heavy (non-hydrogen) atoms. The van der Waals surface area contributed by atoms with Gasteiger partial charge in [0.25, 0.3) is 0 Å². The molecule has 0 spiro atoms. The zero-order valence-corrected chi connectivity index (χ0v) is 12.0. The standard InChI is InChI=1S/C16H26O2/c1-12(2)8-16(10-17,11-18)9-15-6-13(3)5-14(4)7-15/h5-7,12,17-18H,8-11H2,1-4H3. The predicted octanol–water partition coefficient (Wildman–Crippen LogP) is 2.86. The Hall–Kier alpha value is -0.860. The van der Waals surface area contributed by atoms with Crippen molar-refractivity contribution in [1.82, 2.24) is 0 Å². The number of hydrogen-bond acceptors (Lipinski definition) is 2. The SMILES string of the molecule is Cc1cc(C)cc(CC(CO)(CO)CC(C)C)c1. The highest BCUT2D eigenvalue weighted by Crippen LogP contribution is 2.30. The molecule has 0 aliphatic heterocycles. The van der Waals surface area contributed by atoms with Gasteiger partial charge in [0.05, 0.1) is 13.2 Å². The molecule has 1 aromatic rings. The van der Waals surface area contributed by atoms with E-state index in [1.165, 1.54) is 16.7 Å². The van der Waals surface area contributed by atoms with Gasteiger partial charge in [-0.05, 0) is 38.2 Å². The first kappa shape index (κ1) is 15.2. The van der Waals surface area contributed by atoms with Gasteiger partial charge in [0.1, 0.15) is 0 Å². The van der Waals surface area contributed by atoms with E-state index < -0.39 is 5.41 Å². The van der Waals surface area contributed by atoms with Crippen LogP contribution in [-0.2, 0) is 6.42 Å². The second-order valence-electron chi connectivity index (χ2n) is 6.09. The van der Waals surface area contributed by atoms with Gasteiger partial charge < -0.3 is 10.2 Å². The van der Waals surface area contributed by atoms with Gasteiger partial charge in [-0.1, -0.05) is 43.2 Å². The van der Waals surface area contributed by atoms with Crippen molar-refractivity contribution in [2.45, 2.75) is 40.5 Å². The maximum atomic E-state index is 9.67. The minimum Gasteiger partial charge on any atom is -0.396 e. The lowest BCUT2D eigenvalue weighted by molar-refractivity contribution is 0.0369. The Balaban J connectivity index is 2.95. The van der Waals surface area contributed by atoms with E-state index in [-0.39, 0.29) is 13.2 Å². The van der Waals surface area contributed by atoms with Crippen LogP contribution in [0.15, 0.2) is 18.2 Å². The summed E-state index contributed by atoms with van der Waals surface area (Å²) in [6.07, 6.45) is 1.58. The van der Waals surface area contributed by atoms with Crippen LogP contribution in [0.1, 0.15) is 37.0 Å². The van der Waals surface area contributed by atoms with Crippen LogP contribution < -0.4 is 0 Å². The molecule has 0 unspecified atom stereocenters. The minimum absolute atomic E-state index is 0.0364. The number of rotatable bonds is 6. The first-order chi connectivity index (χ1) is 8.40. The Kier molecular flexibility index (Phi) is 5.36. The first-order valence-electron chi connectivity index (χ1n) is 6.70. The second-order valence-corrected chi connectivity index (χ2v) is 6.09. The highest BCUT2D eigenvalue weighted by molar-refractivity contribution is 5.29. The smallest absolute Gasteiger partial charge is 0.0512 e. The molecule has 2 heteroatoms. The van der Waals surface area contributed by atoms with E-state index in [0.717, 1.165) is 12.8 Å². The van der Waals surface area contributed by atoms with Gasteiger partial charge in [0.15, 0.2) is 0 Å². The van der Waals surface area contributed by atoms with Crippen molar-refractivity contribution in [3.05, 3.63) is 34.9 Å². The number of hydrogen-bond donors (Lipinski definition) is 2. The van der Waals surface area contributed by atoms with Crippen LogP contribution in [-0.4, -0.2) is 23.4 Å². The lowest BCUT2D eigenvalue weighted by Crippen LogP contribution is -2.34. The van der Waals surface area contributed by atoms with Crippen molar-refractivity contribution in [2.24, 2.45) is 11.3 Å². The van der Waals surface area contributed by atoms with E-state index in [1.807, 2.05) is 0 Å². The molecular formula is C16H26O2. The lowest BCUT2D eigenvalue weighted by Gasteiger charge is -2.32. The largest absolute Gasteiger partial charge is 0.396 e. The van der Waals surface area contributed by atoms with Gasteiger partial charge in [-0.3, -0.25) is 0 Å². The van der Waals surface area contributed by atoms with Crippen molar-refractivity contribution in [3.63, 3.8) is 0 Å². The number of aryl methyl sites for hydroxylation is 2. The van der Waals surface area contributed by atoms with E-state index in [4.69, 9.17) is 0 Å². The summed E-state index contributed by atoms with van der Waals surface area (Å²) in [4.78, 5) is 0. The van der Waals surface area contributed by atoms with Crippen LogP contribution in [0.25, 0.3) is 0 Å². The molecule has 0 aromatic heterocycles. The Bertz CT molecular complexity index is 358. The normalized spacial score (nSPS) is 12.2. The van der Waals surface area contributed by atoms with Crippen molar-refractivity contribution >= 4 is 0 Å². The quantitative estimate of drug-likeness (QED) is 0.815. The monoisotopic (exact) mass is 250 g/mol. The Morgan fingerprint density at radius 3 is 1.89 bits per heavy atom. The second kappa shape index (κ2) is 6.35. The van der Waals surface area contributed by atoms with Crippen LogP contribution in [0.4, 0.5) is 0 Å². The van der Waals surface area contributed by atoms with Crippen molar-refractivity contribution in [3.8, 4) is 0 Å². The number of benzene rings is 1. The molecule has 0 aliphatic carbocycles. The molecule has 0 amide bonds. The minimum atomic E-state index is -0.394. The van der Waals surface area contributed by atoms with Crippen LogP contribution in [0.3, 0.4) is 0 Å². The lowest BCUT2D eigenvalue weighted by atomic mass is 9.76. The Morgan fingerprint density at radius 2 is 1.50 bits per heavy atom. The molecule has 0 radical (unpaired) electrons. The summed E-state index contributed by atoms with van der Waals surface area (Å²) < 4.78 is 0. The average Bonchev–Trinajstić information content (AvgIpc) is 2.26. The molecule has 2 nitrogen and oxygen atoms in total. The van der Waals surface area contributed by atoms with E-state index in [9.17, 15) is 10.2 Å². The molecule has 0 bridgehead atoms. The molecule has 0 fully saturated rings. The topological polar surface area (TPSA) is 40.5 Å². The molecule has 1 rings (SSSR count). The molecule has 0 aliphatic rings. The van der Waals surface area contributed by atoms with Gasteiger partial charge in [0.2, 0.25) is 0 Å². The summed E-state index contributed by atoms with van der Waals surface area (Å²) in [7, 11) is 0. The van der Waals surface area contributed by atoms with Crippen LogP contribution in [0, 0.1) is 25.2 Å². The van der Waals surface area contributed by atoms with E-state index in [2.05, 4.69) is 45.9 Å². The maximum Gasteiger partial charge on any atom is 0.0512 e. The van der Waals surface area contributed by atoms with Crippen LogP contribution in [0.2, 0.25) is 0 Å². The molecule has 0 saturated carbocycles. The van der Waals surface area contributed by atoms with E-state index >= 15 is 0 Å². The van der Waals surface area contributed by atoms with E-state index in [0.29, 0.717) is 5.92 Å². The third-order valence-corrected chi connectivity index (χ3v) is 3.37. The maximum absolute atomic E-state index is 9.67.